The number of aromatic amines is 1. The first-order valence-electron chi connectivity index (χ1n) is 10.4. The SMILES string of the molecule is C[C@@H]1CCN(CCC(=O)N[C@@H](Cc2cnc[nH]2)C(=O)O)C(c2cccc(O)c2)[C@@H]1C. The number of carboxylic acid groups (broad SMARTS) is 1. The summed E-state index contributed by atoms with van der Waals surface area (Å²) in [5.74, 6) is -0.221. The fourth-order valence-electron chi connectivity index (χ4n) is 4.22. The Morgan fingerprint density at radius 2 is 2.17 bits per heavy atom. The van der Waals surface area contributed by atoms with Gasteiger partial charge in [-0.1, -0.05) is 26.0 Å². The Morgan fingerprint density at radius 1 is 1.37 bits per heavy atom. The number of hydrogen-bond donors (Lipinski definition) is 4. The number of nitrogens with one attached hydrogen (secondary N) is 2. The van der Waals surface area contributed by atoms with E-state index in [1.165, 1.54) is 6.33 Å². The number of carbonyl (C=O) groups excluding carboxylic acids is 1. The molecule has 1 aromatic heterocycles. The summed E-state index contributed by atoms with van der Waals surface area (Å²) in [6, 6.07) is 6.40. The van der Waals surface area contributed by atoms with E-state index >= 15 is 0 Å². The second kappa shape index (κ2) is 9.75. The monoisotopic (exact) mass is 414 g/mol. The van der Waals surface area contributed by atoms with Crippen molar-refractivity contribution >= 4 is 11.9 Å². The van der Waals surface area contributed by atoms with Crippen LogP contribution < -0.4 is 5.32 Å². The first kappa shape index (κ1) is 21.8. The molecule has 4 atom stereocenters. The van der Waals surface area contributed by atoms with E-state index in [0.29, 0.717) is 24.1 Å². The topological polar surface area (TPSA) is 119 Å². The highest BCUT2D eigenvalue weighted by Gasteiger charge is 2.34. The number of rotatable bonds is 8. The molecule has 3 rings (SSSR count). The lowest BCUT2D eigenvalue weighted by Gasteiger charge is -2.43. The highest BCUT2D eigenvalue weighted by atomic mass is 16.4. The van der Waals surface area contributed by atoms with Crippen LogP contribution in [0, 0.1) is 11.8 Å². The van der Waals surface area contributed by atoms with Crippen LogP contribution in [0.2, 0.25) is 0 Å². The lowest BCUT2D eigenvalue weighted by atomic mass is 9.79. The van der Waals surface area contributed by atoms with E-state index in [2.05, 4.69) is 34.0 Å². The van der Waals surface area contributed by atoms with Crippen molar-refractivity contribution in [2.45, 2.75) is 45.2 Å². The van der Waals surface area contributed by atoms with Gasteiger partial charge in [0.1, 0.15) is 11.8 Å². The summed E-state index contributed by atoms with van der Waals surface area (Å²) in [7, 11) is 0. The van der Waals surface area contributed by atoms with E-state index in [4.69, 9.17) is 0 Å². The van der Waals surface area contributed by atoms with Gasteiger partial charge in [-0.3, -0.25) is 9.69 Å². The maximum absolute atomic E-state index is 12.5. The number of benzene rings is 1. The lowest BCUT2D eigenvalue weighted by Crippen LogP contribution is -2.45. The molecule has 2 aromatic rings. The van der Waals surface area contributed by atoms with Gasteiger partial charge in [0.15, 0.2) is 0 Å². The fourth-order valence-corrected chi connectivity index (χ4v) is 4.22. The molecular formula is C22H30N4O4. The Labute approximate surface area is 176 Å². The van der Waals surface area contributed by atoms with Crippen LogP contribution in [0.1, 0.15) is 44.0 Å². The van der Waals surface area contributed by atoms with E-state index in [0.717, 1.165) is 18.5 Å². The molecule has 1 saturated heterocycles. The summed E-state index contributed by atoms with van der Waals surface area (Å²) in [6.45, 7) is 5.82. The molecule has 30 heavy (non-hydrogen) atoms. The molecule has 0 aliphatic carbocycles. The Hall–Kier alpha value is -2.87. The summed E-state index contributed by atoms with van der Waals surface area (Å²) in [4.78, 5) is 33.0. The largest absolute Gasteiger partial charge is 0.508 e. The maximum atomic E-state index is 12.5. The number of H-pyrrole nitrogens is 1. The molecule has 162 valence electrons. The molecular weight excluding hydrogens is 384 g/mol. The van der Waals surface area contributed by atoms with E-state index in [-0.39, 0.29) is 30.5 Å². The van der Waals surface area contributed by atoms with Crippen molar-refractivity contribution in [3.05, 3.63) is 48.0 Å². The third-order valence-electron chi connectivity index (χ3n) is 6.11. The first-order chi connectivity index (χ1) is 14.3. The summed E-state index contributed by atoms with van der Waals surface area (Å²) >= 11 is 0. The standard InChI is InChI=1S/C22H30N4O4/c1-14-6-8-26(21(15(14)2)16-4-3-5-18(27)10-16)9-7-20(28)25-19(22(29)30)11-17-12-23-13-24-17/h3-5,10,12-15,19,21,27H,6-9,11H2,1-2H3,(H,23,24)(H,25,28)(H,29,30)/t14-,15-,19+,21?/m1/s1. The minimum absolute atomic E-state index is 0.105. The normalized spacial score (nSPS) is 23.1. The van der Waals surface area contributed by atoms with Crippen molar-refractivity contribution in [2.24, 2.45) is 11.8 Å². The molecule has 0 spiro atoms. The smallest absolute Gasteiger partial charge is 0.326 e. The highest BCUT2D eigenvalue weighted by molar-refractivity contribution is 5.83. The van der Waals surface area contributed by atoms with E-state index in [1.807, 2.05) is 12.1 Å². The number of imidazole rings is 1. The molecule has 8 heteroatoms. The van der Waals surface area contributed by atoms with Crippen molar-refractivity contribution in [1.29, 1.82) is 0 Å². The number of phenolic OH excluding ortho intramolecular Hbond substituents is 1. The van der Waals surface area contributed by atoms with Crippen LogP contribution in [-0.2, 0) is 16.0 Å². The highest BCUT2D eigenvalue weighted by Crippen LogP contribution is 2.39. The minimum atomic E-state index is -1.07. The van der Waals surface area contributed by atoms with Crippen molar-refractivity contribution in [1.82, 2.24) is 20.2 Å². The number of aromatic nitrogens is 2. The van der Waals surface area contributed by atoms with Gasteiger partial charge < -0.3 is 20.5 Å². The zero-order chi connectivity index (χ0) is 21.7. The van der Waals surface area contributed by atoms with Crippen LogP contribution in [0.25, 0.3) is 0 Å². The van der Waals surface area contributed by atoms with Crippen molar-refractivity contribution in [3.8, 4) is 5.75 Å². The van der Waals surface area contributed by atoms with Gasteiger partial charge in [0.25, 0.3) is 0 Å². The van der Waals surface area contributed by atoms with Gasteiger partial charge >= 0.3 is 5.97 Å². The predicted molar refractivity (Wildman–Crippen MR) is 112 cm³/mol. The molecule has 1 fully saturated rings. The van der Waals surface area contributed by atoms with Gasteiger partial charge in [0, 0.05) is 37.3 Å². The van der Waals surface area contributed by atoms with Gasteiger partial charge in [0.2, 0.25) is 5.91 Å². The fraction of sp³-hybridized carbons (Fsp3) is 0.500. The molecule has 0 bridgehead atoms. The maximum Gasteiger partial charge on any atom is 0.326 e. The molecule has 1 aromatic carbocycles. The number of likely N-dealkylation sites (tertiary alicyclic amines) is 1. The van der Waals surface area contributed by atoms with Crippen LogP contribution in [0.5, 0.6) is 5.75 Å². The average molecular weight is 415 g/mol. The molecule has 1 aliphatic rings. The zero-order valence-corrected chi connectivity index (χ0v) is 17.4. The summed E-state index contributed by atoms with van der Waals surface area (Å²) in [5, 5.41) is 22.0. The molecule has 4 N–H and O–H groups in total. The summed E-state index contributed by atoms with van der Waals surface area (Å²) < 4.78 is 0. The van der Waals surface area contributed by atoms with Gasteiger partial charge in [-0.2, -0.15) is 0 Å². The first-order valence-corrected chi connectivity index (χ1v) is 10.4. The van der Waals surface area contributed by atoms with E-state index in [1.54, 1.807) is 18.3 Å². The molecule has 1 unspecified atom stereocenters. The van der Waals surface area contributed by atoms with Gasteiger partial charge in [-0.05, 0) is 42.5 Å². The molecule has 0 saturated carbocycles. The van der Waals surface area contributed by atoms with Crippen LogP contribution in [0.4, 0.5) is 0 Å². The number of carbonyl (C=O) groups is 2. The second-order valence-electron chi connectivity index (χ2n) is 8.19. The van der Waals surface area contributed by atoms with Crippen molar-refractivity contribution < 1.29 is 19.8 Å². The third-order valence-corrected chi connectivity index (χ3v) is 6.11. The van der Waals surface area contributed by atoms with E-state index in [9.17, 15) is 19.8 Å². The predicted octanol–water partition coefficient (Wildman–Crippen LogP) is 2.34. The number of nitrogens with zero attached hydrogens (tertiary/aromatic N) is 2. The van der Waals surface area contributed by atoms with Gasteiger partial charge in [0.05, 0.1) is 6.33 Å². The Morgan fingerprint density at radius 3 is 2.83 bits per heavy atom. The van der Waals surface area contributed by atoms with Crippen LogP contribution in [-0.4, -0.2) is 56.1 Å². The van der Waals surface area contributed by atoms with Crippen molar-refractivity contribution in [3.63, 3.8) is 0 Å². The summed E-state index contributed by atoms with van der Waals surface area (Å²) in [6.07, 6.45) is 4.44. The number of carboxylic acids is 1. The Bertz CT molecular complexity index is 855. The molecule has 1 aliphatic heterocycles. The second-order valence-corrected chi connectivity index (χ2v) is 8.19. The molecule has 2 heterocycles. The molecule has 1 amide bonds. The quantitative estimate of drug-likeness (QED) is 0.527. The minimum Gasteiger partial charge on any atom is -0.508 e. The number of phenols is 1. The Balaban J connectivity index is 1.63. The summed E-state index contributed by atoms with van der Waals surface area (Å²) in [5.41, 5.74) is 1.70. The van der Waals surface area contributed by atoms with Crippen LogP contribution >= 0.6 is 0 Å². The zero-order valence-electron chi connectivity index (χ0n) is 17.4. The number of piperidine rings is 1. The van der Waals surface area contributed by atoms with Crippen LogP contribution in [0.15, 0.2) is 36.8 Å². The number of aromatic hydroxyl groups is 1. The average Bonchev–Trinajstić information content (AvgIpc) is 3.21. The number of amides is 1. The van der Waals surface area contributed by atoms with Gasteiger partial charge in [-0.25, -0.2) is 9.78 Å². The molecule has 0 radical (unpaired) electrons. The van der Waals surface area contributed by atoms with Crippen molar-refractivity contribution in [2.75, 3.05) is 13.1 Å². The van der Waals surface area contributed by atoms with Gasteiger partial charge in [-0.15, -0.1) is 0 Å². The molecule has 8 nitrogen and oxygen atoms in total. The third kappa shape index (κ3) is 5.38. The number of aliphatic carboxylic acids is 1. The van der Waals surface area contributed by atoms with Crippen LogP contribution in [0.3, 0.4) is 0 Å². The lowest BCUT2D eigenvalue weighted by molar-refractivity contribution is -0.141. The van der Waals surface area contributed by atoms with E-state index < -0.39 is 12.0 Å². The number of hydrogen-bond acceptors (Lipinski definition) is 5. The Kier molecular flexibility index (Phi) is 7.10.